The van der Waals surface area contributed by atoms with Crippen molar-refractivity contribution in [3.63, 3.8) is 0 Å². The van der Waals surface area contributed by atoms with Crippen molar-refractivity contribution in [2.24, 2.45) is 0 Å². The highest BCUT2D eigenvalue weighted by Gasteiger charge is 2.26. The Labute approximate surface area is 161 Å². The molecule has 0 saturated carbocycles. The molecule has 2 aromatic carbocycles. The largest absolute Gasteiger partial charge is 0.497 e. The molecule has 1 aliphatic heterocycles. The quantitative estimate of drug-likeness (QED) is 0.809. The zero-order chi connectivity index (χ0) is 19.4. The van der Waals surface area contributed by atoms with E-state index >= 15 is 0 Å². The van der Waals surface area contributed by atoms with Gasteiger partial charge in [-0.2, -0.15) is 0 Å². The summed E-state index contributed by atoms with van der Waals surface area (Å²) in [7, 11) is 3.11. The number of rotatable bonds is 5. The van der Waals surface area contributed by atoms with Gasteiger partial charge in [0, 0.05) is 23.5 Å². The third kappa shape index (κ3) is 4.08. The maximum absolute atomic E-state index is 12.3. The average Bonchev–Trinajstić information content (AvgIpc) is 2.70. The van der Waals surface area contributed by atoms with Crippen molar-refractivity contribution >= 4 is 17.3 Å². The first-order chi connectivity index (χ1) is 13.0. The number of hydrogen-bond donors (Lipinski definition) is 1. The topological polar surface area (TPSA) is 50.8 Å². The van der Waals surface area contributed by atoms with Gasteiger partial charge in [-0.15, -0.1) is 0 Å². The lowest BCUT2D eigenvalue weighted by molar-refractivity contribution is 0.0600. The molecular weight excluding hydrogens is 340 g/mol. The Kier molecular flexibility index (Phi) is 6.01. The molecule has 0 aromatic heterocycles. The minimum atomic E-state index is -0.301. The minimum absolute atomic E-state index is 0.301. The predicted octanol–water partition coefficient (Wildman–Crippen LogP) is 3.99. The Balaban J connectivity index is 2.13. The molecule has 3 rings (SSSR count). The zero-order valence-electron chi connectivity index (χ0n) is 16.5. The fourth-order valence-corrected chi connectivity index (χ4v) is 3.80. The van der Waals surface area contributed by atoms with Crippen molar-refractivity contribution in [2.45, 2.75) is 32.7 Å². The Morgan fingerprint density at radius 1 is 1.07 bits per heavy atom. The van der Waals surface area contributed by atoms with E-state index < -0.39 is 0 Å². The Morgan fingerprint density at radius 3 is 2.48 bits per heavy atom. The fraction of sp³-hybridized carbons (Fsp3) is 0.409. The second-order valence-corrected chi connectivity index (χ2v) is 7.00. The number of aryl methyl sites for hydroxylation is 2. The number of anilines is 2. The highest BCUT2D eigenvalue weighted by atomic mass is 16.5. The first-order valence-electron chi connectivity index (χ1n) is 9.38. The van der Waals surface area contributed by atoms with E-state index in [4.69, 9.17) is 9.47 Å². The smallest absolute Gasteiger partial charge is 0.338 e. The summed E-state index contributed by atoms with van der Waals surface area (Å²) in [4.78, 5) is 14.6. The van der Waals surface area contributed by atoms with Gasteiger partial charge in [0.1, 0.15) is 5.75 Å². The van der Waals surface area contributed by atoms with E-state index in [1.165, 1.54) is 7.11 Å². The van der Waals surface area contributed by atoms with E-state index in [0.717, 1.165) is 54.2 Å². The van der Waals surface area contributed by atoms with Crippen LogP contribution in [0.15, 0.2) is 36.4 Å². The molecular formula is C22H28N2O3. The van der Waals surface area contributed by atoms with Crippen molar-refractivity contribution in [3.05, 3.63) is 53.1 Å². The number of carbonyl (C=O) groups is 1. The molecule has 144 valence electrons. The van der Waals surface area contributed by atoms with E-state index in [0.29, 0.717) is 11.6 Å². The van der Waals surface area contributed by atoms with E-state index in [9.17, 15) is 4.79 Å². The lowest BCUT2D eigenvalue weighted by atomic mass is 9.98. The summed E-state index contributed by atoms with van der Waals surface area (Å²) in [6.07, 6.45) is 2.08. The second-order valence-electron chi connectivity index (χ2n) is 7.00. The molecule has 0 spiro atoms. The Morgan fingerprint density at radius 2 is 1.81 bits per heavy atom. The van der Waals surface area contributed by atoms with Gasteiger partial charge in [0.25, 0.3) is 0 Å². The van der Waals surface area contributed by atoms with Crippen LogP contribution < -0.4 is 15.0 Å². The molecule has 0 unspecified atom stereocenters. The van der Waals surface area contributed by atoms with Crippen LogP contribution in [0.1, 0.15) is 34.3 Å². The molecule has 0 aliphatic carbocycles. The SMILES string of the molecule is COC(=O)c1cc(N(c2cccc(OC)c2)C2CCNCC2)c(C)cc1C. The summed E-state index contributed by atoms with van der Waals surface area (Å²) in [5, 5.41) is 3.43. The Hall–Kier alpha value is -2.53. The first kappa shape index (κ1) is 19.2. The summed E-state index contributed by atoms with van der Waals surface area (Å²) in [6, 6.07) is 12.5. The fourth-order valence-electron chi connectivity index (χ4n) is 3.80. The molecule has 0 bridgehead atoms. The monoisotopic (exact) mass is 368 g/mol. The number of piperidine rings is 1. The maximum Gasteiger partial charge on any atom is 0.338 e. The van der Waals surface area contributed by atoms with Crippen molar-refractivity contribution in [2.75, 3.05) is 32.2 Å². The molecule has 0 radical (unpaired) electrons. The van der Waals surface area contributed by atoms with Crippen LogP contribution in [0.5, 0.6) is 5.75 Å². The van der Waals surface area contributed by atoms with Crippen molar-refractivity contribution in [3.8, 4) is 5.75 Å². The van der Waals surface area contributed by atoms with Gasteiger partial charge in [0.2, 0.25) is 0 Å². The maximum atomic E-state index is 12.3. The van der Waals surface area contributed by atoms with Crippen LogP contribution >= 0.6 is 0 Å². The second kappa shape index (κ2) is 8.44. The molecule has 1 aliphatic rings. The number of ether oxygens (including phenoxy) is 2. The van der Waals surface area contributed by atoms with Gasteiger partial charge in [-0.25, -0.2) is 4.79 Å². The lowest BCUT2D eigenvalue weighted by Gasteiger charge is -2.37. The van der Waals surface area contributed by atoms with Crippen LogP contribution in [0.2, 0.25) is 0 Å². The standard InChI is InChI=1S/C22H28N2O3/c1-15-12-16(2)21(14-20(15)22(25)27-4)24(17-8-10-23-11-9-17)18-6-5-7-19(13-18)26-3/h5-7,12-14,17,23H,8-11H2,1-4H3. The molecule has 1 N–H and O–H groups in total. The number of nitrogens with zero attached hydrogens (tertiary/aromatic N) is 1. The van der Waals surface area contributed by atoms with Gasteiger partial charge in [-0.1, -0.05) is 12.1 Å². The van der Waals surface area contributed by atoms with Gasteiger partial charge in [-0.3, -0.25) is 0 Å². The van der Waals surface area contributed by atoms with Crippen LogP contribution in [0.4, 0.5) is 11.4 Å². The summed E-state index contributed by atoms with van der Waals surface area (Å²) in [6.45, 7) is 6.01. The van der Waals surface area contributed by atoms with Crippen molar-refractivity contribution < 1.29 is 14.3 Å². The molecule has 1 fully saturated rings. The van der Waals surface area contributed by atoms with Crippen molar-refractivity contribution in [1.82, 2.24) is 5.32 Å². The number of hydrogen-bond acceptors (Lipinski definition) is 5. The van der Waals surface area contributed by atoms with Crippen molar-refractivity contribution in [1.29, 1.82) is 0 Å². The van der Waals surface area contributed by atoms with E-state index in [1.54, 1.807) is 7.11 Å². The molecule has 0 atom stereocenters. The highest BCUT2D eigenvalue weighted by molar-refractivity contribution is 5.93. The number of nitrogens with one attached hydrogen (secondary N) is 1. The lowest BCUT2D eigenvalue weighted by Crippen LogP contribution is -2.41. The molecule has 1 saturated heterocycles. The summed E-state index contributed by atoms with van der Waals surface area (Å²) in [5.74, 6) is 0.522. The molecule has 5 nitrogen and oxygen atoms in total. The summed E-state index contributed by atoms with van der Waals surface area (Å²) < 4.78 is 10.4. The zero-order valence-corrected chi connectivity index (χ0v) is 16.5. The van der Waals surface area contributed by atoms with E-state index in [2.05, 4.69) is 35.3 Å². The van der Waals surface area contributed by atoms with Crippen LogP contribution in [0.3, 0.4) is 0 Å². The molecule has 5 heteroatoms. The number of benzene rings is 2. The number of carbonyl (C=O) groups excluding carboxylic acids is 1. The van der Waals surface area contributed by atoms with Gasteiger partial charge >= 0.3 is 5.97 Å². The van der Waals surface area contributed by atoms with Crippen LogP contribution in [-0.4, -0.2) is 39.3 Å². The normalized spacial score (nSPS) is 14.7. The third-order valence-corrected chi connectivity index (χ3v) is 5.21. The number of esters is 1. The van der Waals surface area contributed by atoms with Gasteiger partial charge in [-0.05, 0) is 69.1 Å². The third-order valence-electron chi connectivity index (χ3n) is 5.21. The average molecular weight is 368 g/mol. The van der Waals surface area contributed by atoms with Gasteiger partial charge in [0.05, 0.1) is 19.8 Å². The minimum Gasteiger partial charge on any atom is -0.497 e. The predicted molar refractivity (Wildman–Crippen MR) is 108 cm³/mol. The summed E-state index contributed by atoms with van der Waals surface area (Å²) >= 11 is 0. The van der Waals surface area contributed by atoms with Crippen LogP contribution in [0, 0.1) is 13.8 Å². The molecule has 1 heterocycles. The van der Waals surface area contributed by atoms with E-state index in [-0.39, 0.29) is 5.97 Å². The highest BCUT2D eigenvalue weighted by Crippen LogP contribution is 2.36. The molecule has 2 aromatic rings. The van der Waals surface area contributed by atoms with Gasteiger partial charge in [0.15, 0.2) is 0 Å². The van der Waals surface area contributed by atoms with Crippen LogP contribution in [0.25, 0.3) is 0 Å². The summed E-state index contributed by atoms with van der Waals surface area (Å²) in [5.41, 5.74) is 4.80. The molecule has 27 heavy (non-hydrogen) atoms. The van der Waals surface area contributed by atoms with Crippen LogP contribution in [-0.2, 0) is 4.74 Å². The molecule has 0 amide bonds. The van der Waals surface area contributed by atoms with E-state index in [1.807, 2.05) is 25.1 Å². The Bertz CT molecular complexity index is 813. The van der Waals surface area contributed by atoms with Gasteiger partial charge < -0.3 is 19.7 Å². The number of methoxy groups -OCH3 is 2. The first-order valence-corrected chi connectivity index (χ1v) is 9.38.